The van der Waals surface area contributed by atoms with Gasteiger partial charge in [0.25, 0.3) is 5.91 Å². The highest BCUT2D eigenvalue weighted by Crippen LogP contribution is 2.09. The second-order valence-corrected chi connectivity index (χ2v) is 4.44. The van der Waals surface area contributed by atoms with Crippen LogP contribution in [-0.2, 0) is 0 Å². The lowest BCUT2D eigenvalue weighted by molar-refractivity contribution is 0.0750. The van der Waals surface area contributed by atoms with Gasteiger partial charge in [0.05, 0.1) is 0 Å². The zero-order valence-electron chi connectivity index (χ0n) is 11.2. The Morgan fingerprint density at radius 1 is 1.41 bits per heavy atom. The molecule has 0 fully saturated rings. The van der Waals surface area contributed by atoms with Crippen molar-refractivity contribution in [3.63, 3.8) is 0 Å². The van der Waals surface area contributed by atoms with Gasteiger partial charge in [-0.05, 0) is 13.3 Å². The quantitative estimate of drug-likeness (QED) is 0.826. The Morgan fingerprint density at radius 2 is 2.12 bits per heavy atom. The molecule has 0 saturated carbocycles. The molecule has 5 heteroatoms. The molecule has 0 aliphatic carbocycles. The molecule has 1 aromatic rings. The van der Waals surface area contributed by atoms with Crippen LogP contribution >= 0.6 is 0 Å². The van der Waals surface area contributed by atoms with E-state index in [9.17, 15) is 4.79 Å². The number of hydrogen-bond acceptors (Lipinski definition) is 3. The molecule has 0 aromatic carbocycles. The van der Waals surface area contributed by atoms with Crippen LogP contribution < -0.4 is 0 Å². The average molecular weight is 238 g/mol. The largest absolute Gasteiger partial charge is 0.336 e. The Morgan fingerprint density at radius 3 is 2.59 bits per heavy atom. The summed E-state index contributed by atoms with van der Waals surface area (Å²) in [5.41, 5.74) is 0. The van der Waals surface area contributed by atoms with Crippen molar-refractivity contribution < 1.29 is 4.79 Å². The van der Waals surface area contributed by atoms with Crippen molar-refractivity contribution in [3.8, 4) is 0 Å². The number of aromatic nitrogens is 3. The number of carbonyl (C=O) groups excluding carboxylic acids is 1. The van der Waals surface area contributed by atoms with Gasteiger partial charge in [-0.15, -0.1) is 5.10 Å². The van der Waals surface area contributed by atoms with Crippen molar-refractivity contribution in [2.24, 2.45) is 0 Å². The minimum atomic E-state index is -0.0795. The van der Waals surface area contributed by atoms with Crippen LogP contribution in [0.25, 0.3) is 0 Å². The van der Waals surface area contributed by atoms with Crippen molar-refractivity contribution in [2.45, 2.75) is 46.5 Å². The van der Waals surface area contributed by atoms with Crippen molar-refractivity contribution in [1.82, 2.24) is 20.1 Å². The molecule has 0 saturated heterocycles. The van der Waals surface area contributed by atoms with Gasteiger partial charge in [0.2, 0.25) is 5.82 Å². The maximum absolute atomic E-state index is 12.1. The van der Waals surface area contributed by atoms with Crippen molar-refractivity contribution in [1.29, 1.82) is 0 Å². The highest BCUT2D eigenvalue weighted by molar-refractivity contribution is 5.90. The number of nitrogens with one attached hydrogen (secondary N) is 1. The van der Waals surface area contributed by atoms with Gasteiger partial charge in [0.15, 0.2) is 0 Å². The lowest BCUT2D eigenvalue weighted by atomic mass is 10.2. The molecule has 1 heterocycles. The molecule has 0 spiro atoms. The van der Waals surface area contributed by atoms with Crippen LogP contribution in [0.3, 0.4) is 0 Å². The number of nitrogens with zero attached hydrogens (tertiary/aromatic N) is 3. The summed E-state index contributed by atoms with van der Waals surface area (Å²) in [7, 11) is 0. The highest BCUT2D eigenvalue weighted by atomic mass is 16.2. The number of amides is 1. The molecule has 0 aliphatic heterocycles. The second kappa shape index (κ2) is 6.37. The molecule has 5 nitrogen and oxygen atoms in total. The minimum Gasteiger partial charge on any atom is -0.336 e. The van der Waals surface area contributed by atoms with E-state index in [-0.39, 0.29) is 17.6 Å². The third kappa shape index (κ3) is 3.54. The van der Waals surface area contributed by atoms with Crippen LogP contribution in [0.1, 0.15) is 62.9 Å². The van der Waals surface area contributed by atoms with E-state index in [2.05, 4.69) is 22.1 Å². The van der Waals surface area contributed by atoms with Crippen molar-refractivity contribution in [3.05, 3.63) is 11.6 Å². The molecule has 1 aromatic heterocycles. The Bertz CT molecular complexity index is 359. The van der Waals surface area contributed by atoms with E-state index in [1.54, 1.807) is 4.90 Å². The van der Waals surface area contributed by atoms with Crippen molar-refractivity contribution >= 4 is 5.91 Å². The Balaban J connectivity index is 2.72. The smallest absolute Gasteiger partial charge is 0.293 e. The fourth-order valence-corrected chi connectivity index (χ4v) is 1.52. The third-order valence-electron chi connectivity index (χ3n) is 2.69. The number of unbranched alkanes of at least 4 members (excludes halogenated alkanes) is 1. The predicted molar refractivity (Wildman–Crippen MR) is 67.0 cm³/mol. The van der Waals surface area contributed by atoms with Gasteiger partial charge in [0.1, 0.15) is 5.82 Å². The molecule has 96 valence electrons. The van der Waals surface area contributed by atoms with E-state index in [0.29, 0.717) is 6.54 Å². The first-order valence-corrected chi connectivity index (χ1v) is 6.31. The normalized spacial score (nSPS) is 10.9. The monoisotopic (exact) mass is 238 g/mol. The summed E-state index contributed by atoms with van der Waals surface area (Å²) >= 11 is 0. The lowest BCUT2D eigenvalue weighted by Gasteiger charge is -2.18. The van der Waals surface area contributed by atoms with E-state index < -0.39 is 0 Å². The SMILES string of the molecule is CCCCN(CC)C(=O)c1n[nH]c(C(C)C)n1. The fraction of sp³-hybridized carbons (Fsp3) is 0.750. The van der Waals surface area contributed by atoms with E-state index in [4.69, 9.17) is 0 Å². The molecular formula is C12H22N4O. The van der Waals surface area contributed by atoms with Crippen LogP contribution in [0, 0.1) is 0 Å². The average Bonchev–Trinajstić information content (AvgIpc) is 2.79. The lowest BCUT2D eigenvalue weighted by Crippen LogP contribution is -2.32. The van der Waals surface area contributed by atoms with Crippen LogP contribution in [0.2, 0.25) is 0 Å². The molecule has 0 bridgehead atoms. The van der Waals surface area contributed by atoms with Crippen LogP contribution in [0.15, 0.2) is 0 Å². The van der Waals surface area contributed by atoms with Gasteiger partial charge < -0.3 is 4.90 Å². The van der Waals surface area contributed by atoms with Crippen LogP contribution in [-0.4, -0.2) is 39.1 Å². The molecular weight excluding hydrogens is 216 g/mol. The molecule has 1 rings (SSSR count). The Hall–Kier alpha value is -1.39. The van der Waals surface area contributed by atoms with Gasteiger partial charge in [-0.25, -0.2) is 4.98 Å². The fourth-order valence-electron chi connectivity index (χ4n) is 1.52. The summed E-state index contributed by atoms with van der Waals surface area (Å²) < 4.78 is 0. The van der Waals surface area contributed by atoms with Gasteiger partial charge in [-0.3, -0.25) is 9.89 Å². The Labute approximate surface area is 103 Å². The van der Waals surface area contributed by atoms with Gasteiger partial charge in [-0.1, -0.05) is 27.2 Å². The zero-order valence-corrected chi connectivity index (χ0v) is 11.2. The molecule has 17 heavy (non-hydrogen) atoms. The summed E-state index contributed by atoms with van der Waals surface area (Å²) in [6, 6.07) is 0. The maximum atomic E-state index is 12.1. The standard InChI is InChI=1S/C12H22N4O/c1-5-7-8-16(6-2)12(17)11-13-10(9(3)4)14-15-11/h9H,5-8H2,1-4H3,(H,13,14,15). The number of aromatic amines is 1. The summed E-state index contributed by atoms with van der Waals surface area (Å²) in [6.07, 6.45) is 2.09. The van der Waals surface area contributed by atoms with Crippen LogP contribution in [0.4, 0.5) is 0 Å². The van der Waals surface area contributed by atoms with Gasteiger partial charge in [-0.2, -0.15) is 0 Å². The van der Waals surface area contributed by atoms with E-state index >= 15 is 0 Å². The van der Waals surface area contributed by atoms with Crippen molar-refractivity contribution in [2.75, 3.05) is 13.1 Å². The molecule has 0 unspecified atom stereocenters. The highest BCUT2D eigenvalue weighted by Gasteiger charge is 2.19. The predicted octanol–water partition coefficient (Wildman–Crippen LogP) is 2.19. The number of hydrogen-bond donors (Lipinski definition) is 1. The first-order chi connectivity index (χ1) is 8.10. The second-order valence-electron chi connectivity index (χ2n) is 4.44. The Kier molecular flexibility index (Phi) is 5.12. The first-order valence-electron chi connectivity index (χ1n) is 6.31. The van der Waals surface area contributed by atoms with E-state index in [0.717, 1.165) is 25.2 Å². The molecule has 0 atom stereocenters. The van der Waals surface area contributed by atoms with Gasteiger partial charge in [0, 0.05) is 19.0 Å². The number of rotatable bonds is 6. The summed E-state index contributed by atoms with van der Waals surface area (Å²) in [5.74, 6) is 1.23. The number of carbonyl (C=O) groups is 1. The summed E-state index contributed by atoms with van der Waals surface area (Å²) in [6.45, 7) is 9.60. The third-order valence-corrected chi connectivity index (χ3v) is 2.69. The summed E-state index contributed by atoms with van der Waals surface area (Å²) in [4.78, 5) is 18.1. The van der Waals surface area contributed by atoms with Crippen LogP contribution in [0.5, 0.6) is 0 Å². The molecule has 0 aliphatic rings. The molecule has 1 N–H and O–H groups in total. The minimum absolute atomic E-state index is 0.0795. The first kappa shape index (κ1) is 13.7. The molecule has 0 radical (unpaired) electrons. The maximum Gasteiger partial charge on any atom is 0.293 e. The van der Waals surface area contributed by atoms with E-state index in [1.165, 1.54) is 0 Å². The summed E-state index contributed by atoms with van der Waals surface area (Å²) in [5, 5.41) is 6.80. The molecule has 1 amide bonds. The topological polar surface area (TPSA) is 61.9 Å². The number of H-pyrrole nitrogens is 1. The van der Waals surface area contributed by atoms with Gasteiger partial charge >= 0.3 is 0 Å². The zero-order chi connectivity index (χ0) is 12.8. The van der Waals surface area contributed by atoms with E-state index in [1.807, 2.05) is 20.8 Å².